The molecule has 0 radical (unpaired) electrons. The number of hydrogen-bond donors (Lipinski definition) is 3. The quantitative estimate of drug-likeness (QED) is 0.692. The first-order valence-corrected chi connectivity index (χ1v) is 8.59. The highest BCUT2D eigenvalue weighted by Gasteiger charge is 2.18. The number of nitrogens with two attached hydrogens (primary N) is 2. The Labute approximate surface area is 155 Å². The van der Waals surface area contributed by atoms with Gasteiger partial charge < -0.3 is 21.7 Å². The molecule has 3 rings (SSSR count). The number of primary amides is 1. The minimum atomic E-state index is -0.405. The molecule has 0 saturated carbocycles. The lowest BCUT2D eigenvalue weighted by atomic mass is 10.1. The molecule has 0 aromatic heterocycles. The molecule has 0 unspecified atom stereocenters. The van der Waals surface area contributed by atoms with Crippen LogP contribution in [0.5, 0.6) is 0 Å². The molecule has 140 valence electrons. The van der Waals surface area contributed by atoms with Crippen molar-refractivity contribution in [1.29, 1.82) is 0 Å². The summed E-state index contributed by atoms with van der Waals surface area (Å²) >= 11 is 0. The van der Waals surface area contributed by atoms with Gasteiger partial charge in [-0.3, -0.25) is 9.69 Å². The van der Waals surface area contributed by atoms with Gasteiger partial charge in [-0.15, -0.1) is 0 Å². The van der Waals surface area contributed by atoms with Crippen LogP contribution in [0.1, 0.15) is 17.8 Å². The Morgan fingerprint density at radius 1 is 1.00 bits per heavy atom. The van der Waals surface area contributed by atoms with Crippen LogP contribution in [-0.2, 0) is 0 Å². The van der Waals surface area contributed by atoms with Crippen molar-refractivity contribution >= 4 is 23.0 Å². The fraction of sp³-hybridized carbons (Fsp3) is 0.350. The van der Waals surface area contributed by atoms with Gasteiger partial charge in [0, 0.05) is 45.0 Å². The van der Waals surface area contributed by atoms with Crippen molar-refractivity contribution in [3.63, 3.8) is 0 Å². The fourth-order valence-electron chi connectivity index (χ4n) is 3.19. The summed E-state index contributed by atoms with van der Waals surface area (Å²) in [6.45, 7) is 5.61. The van der Waals surface area contributed by atoms with Gasteiger partial charge in [-0.1, -0.05) is 31.7 Å². The molecule has 5 N–H and O–H groups in total. The van der Waals surface area contributed by atoms with Crippen molar-refractivity contribution in [1.82, 2.24) is 4.90 Å². The number of nitrogens with zero attached hydrogens (tertiary/aromatic N) is 2. The number of piperazine rings is 1. The third-order valence-electron chi connectivity index (χ3n) is 4.59. The first-order chi connectivity index (χ1) is 12.1. The van der Waals surface area contributed by atoms with Gasteiger partial charge in [0.05, 0.1) is 16.9 Å². The predicted octanol–water partition coefficient (Wildman–Crippen LogP) is 2.24. The summed E-state index contributed by atoms with van der Waals surface area (Å²) in [4.78, 5) is 16.2. The minimum Gasteiger partial charge on any atom is -0.397 e. The molecule has 1 aliphatic rings. The zero-order chi connectivity index (χ0) is 17.6. The molecule has 0 aliphatic carbocycles. The molecule has 6 heteroatoms. The van der Waals surface area contributed by atoms with Crippen molar-refractivity contribution in [2.24, 2.45) is 5.73 Å². The van der Waals surface area contributed by atoms with Crippen LogP contribution in [-0.4, -0.2) is 50.1 Å². The lowest BCUT2D eigenvalue weighted by Gasteiger charge is -2.36. The Bertz CT molecular complexity index is 726. The number of rotatable bonds is 6. The maximum Gasteiger partial charge on any atom is 0.250 e. The molecule has 26 heavy (non-hydrogen) atoms. The van der Waals surface area contributed by atoms with Crippen LogP contribution < -0.4 is 21.7 Å². The predicted molar refractivity (Wildman–Crippen MR) is 110 cm³/mol. The van der Waals surface area contributed by atoms with Gasteiger partial charge in [0.25, 0.3) is 5.91 Å². The van der Waals surface area contributed by atoms with Crippen molar-refractivity contribution in [2.45, 2.75) is 7.43 Å². The summed E-state index contributed by atoms with van der Waals surface area (Å²) in [5.74, 6) is -0.405. The molecule has 1 fully saturated rings. The number of para-hydroxylation sites is 3. The second-order valence-electron chi connectivity index (χ2n) is 6.22. The molecular weight excluding hydrogens is 326 g/mol. The molecule has 1 amide bonds. The normalized spacial score (nSPS) is 14.5. The maximum atomic E-state index is 11.4. The summed E-state index contributed by atoms with van der Waals surface area (Å²) in [6.07, 6.45) is 0. The number of carbonyl (C=O) groups excluding carboxylic acids is 1. The molecule has 2 aromatic carbocycles. The molecular formula is C20H29N5O. The standard InChI is InChI=1S/C19H25N5O.CH4/c20-16-6-2-4-8-18(16)24-13-11-23(12-14-24)10-9-22-17-7-3-1-5-15(17)19(21)25;/h1-8,22H,9-14,20H2,(H2,21,25);1H4. The maximum absolute atomic E-state index is 11.4. The minimum absolute atomic E-state index is 0. The van der Waals surface area contributed by atoms with E-state index in [1.807, 2.05) is 36.4 Å². The number of amides is 1. The summed E-state index contributed by atoms with van der Waals surface area (Å²) in [6, 6.07) is 15.4. The molecule has 1 heterocycles. The monoisotopic (exact) mass is 355 g/mol. The summed E-state index contributed by atoms with van der Waals surface area (Å²) < 4.78 is 0. The SMILES string of the molecule is C.NC(=O)c1ccccc1NCCN1CCN(c2ccccc2N)CC1. The van der Waals surface area contributed by atoms with Crippen LogP contribution in [0, 0.1) is 0 Å². The molecule has 0 atom stereocenters. The third kappa shape index (κ3) is 4.67. The van der Waals surface area contributed by atoms with Crippen LogP contribution in [0.3, 0.4) is 0 Å². The number of benzene rings is 2. The summed E-state index contributed by atoms with van der Waals surface area (Å²) in [7, 11) is 0. The van der Waals surface area contributed by atoms with E-state index >= 15 is 0 Å². The Balaban J connectivity index is 0.00000243. The lowest BCUT2D eigenvalue weighted by molar-refractivity contribution is 0.100. The molecule has 1 saturated heterocycles. The Morgan fingerprint density at radius 3 is 2.35 bits per heavy atom. The number of carbonyl (C=O) groups is 1. The van der Waals surface area contributed by atoms with Crippen LogP contribution in [0.4, 0.5) is 17.1 Å². The van der Waals surface area contributed by atoms with Crippen molar-refractivity contribution in [3.05, 3.63) is 54.1 Å². The molecule has 0 spiro atoms. The van der Waals surface area contributed by atoms with Gasteiger partial charge in [-0.25, -0.2) is 0 Å². The van der Waals surface area contributed by atoms with Gasteiger partial charge >= 0.3 is 0 Å². The second kappa shape index (κ2) is 9.10. The van der Waals surface area contributed by atoms with Crippen molar-refractivity contribution < 1.29 is 4.79 Å². The van der Waals surface area contributed by atoms with E-state index in [4.69, 9.17) is 11.5 Å². The van der Waals surface area contributed by atoms with Crippen molar-refractivity contribution in [3.8, 4) is 0 Å². The highest BCUT2D eigenvalue weighted by atomic mass is 16.1. The van der Waals surface area contributed by atoms with Crippen molar-refractivity contribution in [2.75, 3.05) is 55.2 Å². The first-order valence-electron chi connectivity index (χ1n) is 8.59. The number of hydrogen-bond acceptors (Lipinski definition) is 5. The van der Waals surface area contributed by atoms with Gasteiger partial charge in [0.2, 0.25) is 0 Å². The van der Waals surface area contributed by atoms with E-state index in [-0.39, 0.29) is 7.43 Å². The van der Waals surface area contributed by atoms with E-state index in [2.05, 4.69) is 21.2 Å². The average molecular weight is 355 g/mol. The van der Waals surface area contributed by atoms with Crippen LogP contribution >= 0.6 is 0 Å². The van der Waals surface area contributed by atoms with E-state index in [0.717, 1.165) is 56.3 Å². The van der Waals surface area contributed by atoms with E-state index in [9.17, 15) is 4.79 Å². The van der Waals surface area contributed by atoms with Crippen LogP contribution in [0.15, 0.2) is 48.5 Å². The van der Waals surface area contributed by atoms with E-state index < -0.39 is 5.91 Å². The topological polar surface area (TPSA) is 87.6 Å². The van der Waals surface area contributed by atoms with Gasteiger partial charge in [-0.05, 0) is 24.3 Å². The van der Waals surface area contributed by atoms with Crippen LogP contribution in [0.25, 0.3) is 0 Å². The number of nitrogen functional groups attached to an aromatic ring is 1. The average Bonchev–Trinajstić information content (AvgIpc) is 2.63. The second-order valence-corrected chi connectivity index (χ2v) is 6.22. The highest BCUT2D eigenvalue weighted by Crippen LogP contribution is 2.23. The lowest BCUT2D eigenvalue weighted by Crippen LogP contribution is -2.47. The zero-order valence-electron chi connectivity index (χ0n) is 14.3. The van der Waals surface area contributed by atoms with Gasteiger partial charge in [0.15, 0.2) is 0 Å². The Kier molecular flexibility index (Phi) is 6.86. The van der Waals surface area contributed by atoms with E-state index in [1.54, 1.807) is 6.07 Å². The fourth-order valence-corrected chi connectivity index (χ4v) is 3.19. The largest absolute Gasteiger partial charge is 0.397 e. The van der Waals surface area contributed by atoms with Gasteiger partial charge in [-0.2, -0.15) is 0 Å². The Morgan fingerprint density at radius 2 is 1.65 bits per heavy atom. The summed E-state index contributed by atoms with van der Waals surface area (Å²) in [5.41, 5.74) is 14.8. The third-order valence-corrected chi connectivity index (χ3v) is 4.59. The zero-order valence-corrected chi connectivity index (χ0v) is 14.3. The molecule has 1 aliphatic heterocycles. The smallest absolute Gasteiger partial charge is 0.250 e. The number of anilines is 3. The highest BCUT2D eigenvalue weighted by molar-refractivity contribution is 5.98. The molecule has 6 nitrogen and oxygen atoms in total. The summed E-state index contributed by atoms with van der Waals surface area (Å²) in [5, 5.41) is 3.32. The number of nitrogens with one attached hydrogen (secondary N) is 1. The van der Waals surface area contributed by atoms with Crippen LogP contribution in [0.2, 0.25) is 0 Å². The first kappa shape index (κ1) is 19.6. The van der Waals surface area contributed by atoms with Gasteiger partial charge in [0.1, 0.15) is 0 Å². The van der Waals surface area contributed by atoms with E-state index in [0.29, 0.717) is 5.56 Å². The molecule has 0 bridgehead atoms. The molecule has 2 aromatic rings. The van der Waals surface area contributed by atoms with E-state index in [1.165, 1.54) is 0 Å². The Hall–Kier alpha value is -2.73.